The van der Waals surface area contributed by atoms with Crippen molar-refractivity contribution in [2.45, 2.75) is 47.5 Å². The highest BCUT2D eigenvalue weighted by atomic mass is 32.2. The van der Waals surface area contributed by atoms with Gasteiger partial charge in [-0.15, -0.1) is 0 Å². The molecular formula is C13H31N3O2S. The fourth-order valence-electron chi connectivity index (χ4n) is 1.90. The molecule has 0 atom stereocenters. The summed E-state index contributed by atoms with van der Waals surface area (Å²) in [6, 6.07) is 0. The van der Waals surface area contributed by atoms with E-state index in [1.54, 1.807) is 8.61 Å². The molecule has 0 heterocycles. The van der Waals surface area contributed by atoms with Crippen LogP contribution in [0.2, 0.25) is 0 Å². The lowest BCUT2D eigenvalue weighted by atomic mass is 9.94. The van der Waals surface area contributed by atoms with Crippen molar-refractivity contribution in [1.29, 1.82) is 0 Å². The normalized spacial score (nSPS) is 13.5. The van der Waals surface area contributed by atoms with Crippen LogP contribution in [-0.4, -0.2) is 49.8 Å². The fraction of sp³-hybridized carbons (Fsp3) is 1.00. The van der Waals surface area contributed by atoms with E-state index in [2.05, 4.69) is 0 Å². The second kappa shape index (κ2) is 8.19. The largest absolute Gasteiger partial charge is 0.330 e. The van der Waals surface area contributed by atoms with Crippen molar-refractivity contribution in [2.75, 3.05) is 32.7 Å². The van der Waals surface area contributed by atoms with Gasteiger partial charge in [-0.1, -0.05) is 34.6 Å². The van der Waals surface area contributed by atoms with Crippen LogP contribution in [0, 0.1) is 5.41 Å². The quantitative estimate of drug-likeness (QED) is 0.666. The number of hydrogen-bond acceptors (Lipinski definition) is 3. The molecular weight excluding hydrogens is 262 g/mol. The molecule has 0 spiro atoms. The zero-order valence-electron chi connectivity index (χ0n) is 13.1. The minimum Gasteiger partial charge on any atom is -0.330 e. The SMILES string of the molecule is CCCN(CCC)S(=O)(=O)N(CC)CC(C)(C)CN. The molecule has 0 amide bonds. The van der Waals surface area contributed by atoms with Gasteiger partial charge in [0.25, 0.3) is 10.2 Å². The molecule has 0 aromatic rings. The molecule has 0 aliphatic heterocycles. The lowest BCUT2D eigenvalue weighted by Crippen LogP contribution is -2.48. The molecule has 0 aliphatic carbocycles. The van der Waals surface area contributed by atoms with Gasteiger partial charge in [-0.05, 0) is 24.8 Å². The smallest absolute Gasteiger partial charge is 0.281 e. The molecule has 5 nitrogen and oxygen atoms in total. The molecule has 0 fully saturated rings. The van der Waals surface area contributed by atoms with Gasteiger partial charge < -0.3 is 5.73 Å². The number of hydrogen-bond donors (Lipinski definition) is 1. The number of nitrogens with zero attached hydrogens (tertiary/aromatic N) is 2. The summed E-state index contributed by atoms with van der Waals surface area (Å²) in [6.45, 7) is 12.4. The highest BCUT2D eigenvalue weighted by molar-refractivity contribution is 7.86. The molecule has 19 heavy (non-hydrogen) atoms. The second-order valence-corrected chi connectivity index (χ2v) is 7.63. The first-order valence-corrected chi connectivity index (χ1v) is 8.60. The third kappa shape index (κ3) is 5.77. The molecule has 0 aromatic carbocycles. The standard InChI is InChI=1S/C13H31N3O2S/c1-6-9-16(10-7-2)19(17,18)15(8-3)12-13(4,5)11-14/h6-12,14H2,1-5H3. The average molecular weight is 293 g/mol. The minimum atomic E-state index is -3.37. The van der Waals surface area contributed by atoms with Gasteiger partial charge in [-0.2, -0.15) is 17.0 Å². The predicted octanol–water partition coefficient (Wildman–Crippen LogP) is 1.66. The van der Waals surface area contributed by atoms with Crippen LogP contribution in [0.1, 0.15) is 47.5 Å². The van der Waals surface area contributed by atoms with Crippen molar-refractivity contribution < 1.29 is 8.42 Å². The highest BCUT2D eigenvalue weighted by Crippen LogP contribution is 2.19. The third-order valence-electron chi connectivity index (χ3n) is 3.11. The monoisotopic (exact) mass is 293 g/mol. The maximum atomic E-state index is 12.6. The van der Waals surface area contributed by atoms with Crippen LogP contribution in [0.4, 0.5) is 0 Å². The van der Waals surface area contributed by atoms with E-state index in [1.807, 2.05) is 34.6 Å². The summed E-state index contributed by atoms with van der Waals surface area (Å²) in [4.78, 5) is 0. The van der Waals surface area contributed by atoms with Gasteiger partial charge in [-0.25, -0.2) is 0 Å². The average Bonchev–Trinajstić information content (AvgIpc) is 2.35. The van der Waals surface area contributed by atoms with Gasteiger partial charge in [0.05, 0.1) is 0 Å². The van der Waals surface area contributed by atoms with Gasteiger partial charge in [-0.3, -0.25) is 0 Å². The first kappa shape index (κ1) is 18.8. The zero-order chi connectivity index (χ0) is 15.1. The molecule has 0 aromatic heterocycles. The molecule has 0 unspecified atom stereocenters. The van der Waals surface area contributed by atoms with Gasteiger partial charge in [0, 0.05) is 26.2 Å². The van der Waals surface area contributed by atoms with Crippen LogP contribution in [0.5, 0.6) is 0 Å². The summed E-state index contributed by atoms with van der Waals surface area (Å²) in [5.74, 6) is 0. The molecule has 0 aliphatic rings. The minimum absolute atomic E-state index is 0.201. The highest BCUT2D eigenvalue weighted by Gasteiger charge is 2.31. The molecule has 0 saturated carbocycles. The number of rotatable bonds is 10. The van der Waals surface area contributed by atoms with E-state index in [-0.39, 0.29) is 5.41 Å². The van der Waals surface area contributed by atoms with Crippen LogP contribution in [0.3, 0.4) is 0 Å². The van der Waals surface area contributed by atoms with Crippen molar-refractivity contribution in [1.82, 2.24) is 8.61 Å². The Bertz CT molecular complexity index is 336. The predicted molar refractivity (Wildman–Crippen MR) is 81.2 cm³/mol. The maximum absolute atomic E-state index is 12.6. The molecule has 0 rings (SSSR count). The van der Waals surface area contributed by atoms with Gasteiger partial charge in [0.1, 0.15) is 0 Å². The molecule has 0 radical (unpaired) electrons. The van der Waals surface area contributed by atoms with E-state index in [1.165, 1.54) is 0 Å². The van der Waals surface area contributed by atoms with E-state index >= 15 is 0 Å². The Morgan fingerprint density at radius 2 is 1.47 bits per heavy atom. The van der Waals surface area contributed by atoms with Gasteiger partial charge in [0.15, 0.2) is 0 Å². The van der Waals surface area contributed by atoms with Crippen molar-refractivity contribution in [2.24, 2.45) is 11.1 Å². The van der Waals surface area contributed by atoms with E-state index in [9.17, 15) is 8.42 Å². The van der Waals surface area contributed by atoms with Crippen LogP contribution >= 0.6 is 0 Å². The van der Waals surface area contributed by atoms with Crippen molar-refractivity contribution in [3.05, 3.63) is 0 Å². The molecule has 0 saturated heterocycles. The Kier molecular flexibility index (Phi) is 8.12. The van der Waals surface area contributed by atoms with Crippen LogP contribution in [0.15, 0.2) is 0 Å². The summed E-state index contributed by atoms with van der Waals surface area (Å²) in [6.07, 6.45) is 1.66. The lowest BCUT2D eigenvalue weighted by molar-refractivity contribution is 0.254. The topological polar surface area (TPSA) is 66.6 Å². The summed E-state index contributed by atoms with van der Waals surface area (Å²) in [5, 5.41) is 0. The van der Waals surface area contributed by atoms with E-state index in [0.717, 1.165) is 12.8 Å². The summed E-state index contributed by atoms with van der Waals surface area (Å²) in [7, 11) is -3.37. The summed E-state index contributed by atoms with van der Waals surface area (Å²) < 4.78 is 28.4. The third-order valence-corrected chi connectivity index (χ3v) is 5.17. The molecule has 116 valence electrons. The van der Waals surface area contributed by atoms with Crippen LogP contribution in [0.25, 0.3) is 0 Å². The van der Waals surface area contributed by atoms with Gasteiger partial charge in [0.2, 0.25) is 0 Å². The first-order chi connectivity index (χ1) is 8.75. The second-order valence-electron chi connectivity index (χ2n) is 5.70. The summed E-state index contributed by atoms with van der Waals surface area (Å²) >= 11 is 0. The molecule has 6 heteroatoms. The summed E-state index contributed by atoms with van der Waals surface area (Å²) in [5.41, 5.74) is 5.51. The Labute approximate surface area is 119 Å². The Hall–Kier alpha value is -0.170. The zero-order valence-corrected chi connectivity index (χ0v) is 14.0. The van der Waals surface area contributed by atoms with Crippen molar-refractivity contribution >= 4 is 10.2 Å². The number of nitrogens with two attached hydrogens (primary N) is 1. The first-order valence-electron chi connectivity index (χ1n) is 7.20. The van der Waals surface area contributed by atoms with E-state index < -0.39 is 10.2 Å². The lowest BCUT2D eigenvalue weighted by Gasteiger charge is -2.34. The maximum Gasteiger partial charge on any atom is 0.281 e. The molecule has 2 N–H and O–H groups in total. The molecule has 0 bridgehead atoms. The Balaban J connectivity index is 5.08. The fourth-order valence-corrected chi connectivity index (χ4v) is 3.90. The van der Waals surface area contributed by atoms with E-state index in [0.29, 0.717) is 32.7 Å². The van der Waals surface area contributed by atoms with Gasteiger partial charge >= 0.3 is 0 Å². The van der Waals surface area contributed by atoms with Crippen LogP contribution < -0.4 is 5.73 Å². The Morgan fingerprint density at radius 3 is 1.79 bits per heavy atom. The Morgan fingerprint density at radius 1 is 1.00 bits per heavy atom. The van der Waals surface area contributed by atoms with Crippen LogP contribution in [-0.2, 0) is 10.2 Å². The van der Waals surface area contributed by atoms with Crippen molar-refractivity contribution in [3.63, 3.8) is 0 Å². The van der Waals surface area contributed by atoms with Crippen molar-refractivity contribution in [3.8, 4) is 0 Å². The van der Waals surface area contributed by atoms with E-state index in [4.69, 9.17) is 5.73 Å².